The molecule has 0 bridgehead atoms. The third kappa shape index (κ3) is 8.16. The van der Waals surface area contributed by atoms with Crippen LogP contribution >= 0.6 is 0 Å². The maximum Gasteiger partial charge on any atom is 0.236 e. The first-order chi connectivity index (χ1) is 8.01. The van der Waals surface area contributed by atoms with Gasteiger partial charge < -0.3 is 15.4 Å². The fourth-order valence-corrected chi connectivity index (χ4v) is 1.65. The number of hydrogen-bond donors (Lipinski definition) is 2. The monoisotopic (exact) mass is 244 g/mol. The third-order valence-electron chi connectivity index (χ3n) is 2.57. The standard InChI is InChI=1S/C13H28N2O2/c1-6-7-12(9-17-5)15-11(4)13(16)14-8-10(2)3/h10-12,15H,6-9H2,1-5H3,(H,14,16). The van der Waals surface area contributed by atoms with Crippen LogP contribution in [0.1, 0.15) is 40.5 Å². The van der Waals surface area contributed by atoms with Gasteiger partial charge in [-0.2, -0.15) is 0 Å². The van der Waals surface area contributed by atoms with Crippen LogP contribution in [0.3, 0.4) is 0 Å². The summed E-state index contributed by atoms with van der Waals surface area (Å²) < 4.78 is 5.14. The SMILES string of the molecule is CCCC(COC)NC(C)C(=O)NCC(C)C. The molecule has 2 N–H and O–H groups in total. The summed E-state index contributed by atoms with van der Waals surface area (Å²) in [6.45, 7) is 9.58. The Bertz CT molecular complexity index is 202. The van der Waals surface area contributed by atoms with Crippen LogP contribution in [0.4, 0.5) is 0 Å². The van der Waals surface area contributed by atoms with Crippen molar-refractivity contribution in [2.75, 3.05) is 20.3 Å². The Labute approximate surface area is 105 Å². The molecular formula is C13H28N2O2. The Morgan fingerprint density at radius 1 is 1.29 bits per heavy atom. The van der Waals surface area contributed by atoms with E-state index in [2.05, 4.69) is 31.4 Å². The zero-order chi connectivity index (χ0) is 13.3. The molecule has 0 aromatic carbocycles. The van der Waals surface area contributed by atoms with Crippen LogP contribution < -0.4 is 10.6 Å². The van der Waals surface area contributed by atoms with Crippen LogP contribution in [0, 0.1) is 5.92 Å². The number of amides is 1. The second-order valence-electron chi connectivity index (χ2n) is 4.97. The van der Waals surface area contributed by atoms with Crippen molar-refractivity contribution in [3.63, 3.8) is 0 Å². The van der Waals surface area contributed by atoms with Gasteiger partial charge in [0.05, 0.1) is 12.6 Å². The normalized spacial score (nSPS) is 14.7. The van der Waals surface area contributed by atoms with Crippen molar-refractivity contribution >= 4 is 5.91 Å². The quantitative estimate of drug-likeness (QED) is 0.647. The van der Waals surface area contributed by atoms with Crippen molar-refractivity contribution in [2.24, 2.45) is 5.92 Å². The molecule has 0 saturated carbocycles. The first kappa shape index (κ1) is 16.4. The molecule has 0 aliphatic heterocycles. The smallest absolute Gasteiger partial charge is 0.236 e. The Hall–Kier alpha value is -0.610. The number of carbonyl (C=O) groups is 1. The maximum absolute atomic E-state index is 11.8. The first-order valence-electron chi connectivity index (χ1n) is 6.53. The number of ether oxygens (including phenoxy) is 1. The molecule has 17 heavy (non-hydrogen) atoms. The molecule has 0 spiro atoms. The van der Waals surface area contributed by atoms with Crippen LogP contribution in [0.25, 0.3) is 0 Å². The van der Waals surface area contributed by atoms with Gasteiger partial charge in [-0.05, 0) is 19.3 Å². The summed E-state index contributed by atoms with van der Waals surface area (Å²) in [6.07, 6.45) is 2.11. The molecule has 0 aliphatic rings. The zero-order valence-corrected chi connectivity index (χ0v) is 11.9. The van der Waals surface area contributed by atoms with Gasteiger partial charge in [0.15, 0.2) is 0 Å². The predicted octanol–water partition coefficient (Wildman–Crippen LogP) is 1.55. The molecule has 0 fully saturated rings. The lowest BCUT2D eigenvalue weighted by atomic mass is 10.1. The van der Waals surface area contributed by atoms with Crippen molar-refractivity contribution < 1.29 is 9.53 Å². The number of rotatable bonds is 9. The Morgan fingerprint density at radius 2 is 1.94 bits per heavy atom. The van der Waals surface area contributed by atoms with E-state index in [1.165, 1.54) is 0 Å². The third-order valence-corrected chi connectivity index (χ3v) is 2.57. The fourth-order valence-electron chi connectivity index (χ4n) is 1.65. The minimum Gasteiger partial charge on any atom is -0.383 e. The molecule has 0 aromatic rings. The maximum atomic E-state index is 11.8. The van der Waals surface area contributed by atoms with Gasteiger partial charge >= 0.3 is 0 Å². The highest BCUT2D eigenvalue weighted by atomic mass is 16.5. The molecule has 0 saturated heterocycles. The van der Waals surface area contributed by atoms with Gasteiger partial charge in [0.2, 0.25) is 5.91 Å². The largest absolute Gasteiger partial charge is 0.383 e. The summed E-state index contributed by atoms with van der Waals surface area (Å²) in [4.78, 5) is 11.8. The molecule has 0 aliphatic carbocycles. The second kappa shape index (κ2) is 9.42. The highest BCUT2D eigenvalue weighted by molar-refractivity contribution is 5.81. The van der Waals surface area contributed by atoms with Crippen LogP contribution in [0.2, 0.25) is 0 Å². The predicted molar refractivity (Wildman–Crippen MR) is 71.0 cm³/mol. The topological polar surface area (TPSA) is 50.4 Å². The van der Waals surface area contributed by atoms with Gasteiger partial charge in [0.25, 0.3) is 0 Å². The van der Waals surface area contributed by atoms with E-state index in [9.17, 15) is 4.79 Å². The molecule has 0 heterocycles. The second-order valence-corrected chi connectivity index (χ2v) is 4.97. The number of carbonyl (C=O) groups excluding carboxylic acids is 1. The van der Waals surface area contributed by atoms with Crippen molar-refractivity contribution in [3.8, 4) is 0 Å². The molecule has 1 amide bonds. The van der Waals surface area contributed by atoms with Gasteiger partial charge in [0.1, 0.15) is 0 Å². The van der Waals surface area contributed by atoms with Crippen LogP contribution in [-0.4, -0.2) is 38.3 Å². The van der Waals surface area contributed by atoms with E-state index in [0.717, 1.165) is 19.4 Å². The summed E-state index contributed by atoms with van der Waals surface area (Å²) in [5, 5.41) is 6.23. The number of hydrogen-bond acceptors (Lipinski definition) is 3. The van der Waals surface area contributed by atoms with E-state index in [1.54, 1.807) is 7.11 Å². The molecular weight excluding hydrogens is 216 g/mol. The van der Waals surface area contributed by atoms with E-state index in [4.69, 9.17) is 4.74 Å². The van der Waals surface area contributed by atoms with Crippen molar-refractivity contribution in [1.82, 2.24) is 10.6 Å². The van der Waals surface area contributed by atoms with E-state index < -0.39 is 0 Å². The van der Waals surface area contributed by atoms with E-state index in [-0.39, 0.29) is 18.0 Å². The van der Waals surface area contributed by atoms with Gasteiger partial charge in [-0.25, -0.2) is 0 Å². The summed E-state index contributed by atoms with van der Waals surface area (Å²) in [7, 11) is 1.69. The van der Waals surface area contributed by atoms with Crippen LogP contribution in [-0.2, 0) is 9.53 Å². The summed E-state index contributed by atoms with van der Waals surface area (Å²) in [5.74, 6) is 0.549. The molecule has 2 unspecified atom stereocenters. The lowest BCUT2D eigenvalue weighted by Gasteiger charge is -2.22. The minimum absolute atomic E-state index is 0.0657. The lowest BCUT2D eigenvalue weighted by Crippen LogP contribution is -2.48. The Kier molecular flexibility index (Phi) is 9.09. The first-order valence-corrected chi connectivity index (χ1v) is 6.53. The van der Waals surface area contributed by atoms with Gasteiger partial charge in [-0.3, -0.25) is 4.79 Å². The van der Waals surface area contributed by atoms with Gasteiger partial charge in [-0.15, -0.1) is 0 Å². The van der Waals surface area contributed by atoms with E-state index in [0.29, 0.717) is 12.5 Å². The highest BCUT2D eigenvalue weighted by Gasteiger charge is 2.17. The molecule has 102 valence electrons. The Balaban J connectivity index is 4.01. The molecule has 4 heteroatoms. The zero-order valence-electron chi connectivity index (χ0n) is 11.9. The van der Waals surface area contributed by atoms with Crippen molar-refractivity contribution in [2.45, 2.75) is 52.6 Å². The number of nitrogens with one attached hydrogen (secondary N) is 2. The lowest BCUT2D eigenvalue weighted by molar-refractivity contribution is -0.123. The fraction of sp³-hybridized carbons (Fsp3) is 0.923. The van der Waals surface area contributed by atoms with Crippen molar-refractivity contribution in [1.29, 1.82) is 0 Å². The molecule has 4 nitrogen and oxygen atoms in total. The molecule has 0 aromatic heterocycles. The van der Waals surface area contributed by atoms with Gasteiger partial charge in [0, 0.05) is 19.7 Å². The molecule has 0 radical (unpaired) electrons. The summed E-state index contributed by atoms with van der Waals surface area (Å²) in [6, 6.07) is 0.0882. The average Bonchev–Trinajstić information content (AvgIpc) is 2.26. The van der Waals surface area contributed by atoms with E-state index >= 15 is 0 Å². The number of methoxy groups -OCH3 is 1. The molecule has 2 atom stereocenters. The average molecular weight is 244 g/mol. The highest BCUT2D eigenvalue weighted by Crippen LogP contribution is 1.99. The Morgan fingerprint density at radius 3 is 2.41 bits per heavy atom. The summed E-state index contributed by atoms with van der Waals surface area (Å²) >= 11 is 0. The van der Waals surface area contributed by atoms with Crippen molar-refractivity contribution in [3.05, 3.63) is 0 Å². The van der Waals surface area contributed by atoms with Crippen LogP contribution in [0.15, 0.2) is 0 Å². The van der Waals surface area contributed by atoms with Gasteiger partial charge in [-0.1, -0.05) is 27.2 Å². The van der Waals surface area contributed by atoms with E-state index in [1.807, 2.05) is 6.92 Å². The summed E-state index contributed by atoms with van der Waals surface area (Å²) in [5.41, 5.74) is 0. The molecule has 0 rings (SSSR count). The van der Waals surface area contributed by atoms with Crippen LogP contribution in [0.5, 0.6) is 0 Å². The minimum atomic E-state index is -0.166.